The van der Waals surface area contributed by atoms with E-state index in [-0.39, 0.29) is 39.4 Å². The topological polar surface area (TPSA) is 46.6 Å². The lowest BCUT2D eigenvalue weighted by molar-refractivity contribution is -0.122. The Morgan fingerprint density at radius 1 is 1.18 bits per heavy atom. The van der Waals surface area contributed by atoms with Gasteiger partial charge in [-0.15, -0.1) is 0 Å². The zero-order valence-electron chi connectivity index (χ0n) is 14.9. The molecule has 1 fully saturated rings. The van der Waals surface area contributed by atoms with E-state index in [0.29, 0.717) is 29.0 Å². The fourth-order valence-electron chi connectivity index (χ4n) is 2.65. The summed E-state index contributed by atoms with van der Waals surface area (Å²) in [6, 6.07) is 9.23. The number of rotatable bonds is 6. The maximum atomic E-state index is 13.3. The van der Waals surface area contributed by atoms with E-state index in [2.05, 4.69) is 0 Å². The van der Waals surface area contributed by atoms with Crippen LogP contribution in [-0.2, 0) is 11.4 Å². The number of imide groups is 1. The highest BCUT2D eigenvalue weighted by Crippen LogP contribution is 2.37. The van der Waals surface area contributed by atoms with Gasteiger partial charge < -0.3 is 4.74 Å². The van der Waals surface area contributed by atoms with E-state index in [9.17, 15) is 14.0 Å². The molecule has 3 rings (SSSR count). The highest BCUT2D eigenvalue weighted by atomic mass is 35.5. The van der Waals surface area contributed by atoms with Crippen LogP contribution >= 0.6 is 35.0 Å². The van der Waals surface area contributed by atoms with Gasteiger partial charge in [0.15, 0.2) is 5.75 Å². The van der Waals surface area contributed by atoms with Crippen molar-refractivity contribution in [3.63, 3.8) is 0 Å². The summed E-state index contributed by atoms with van der Waals surface area (Å²) in [6.45, 7) is 2.39. The van der Waals surface area contributed by atoms with Crippen molar-refractivity contribution in [2.45, 2.75) is 20.0 Å². The summed E-state index contributed by atoms with van der Waals surface area (Å²) >= 11 is 13.4. The van der Waals surface area contributed by atoms with Gasteiger partial charge in [0.1, 0.15) is 12.4 Å². The summed E-state index contributed by atoms with van der Waals surface area (Å²) in [7, 11) is 0. The molecular formula is C20H16Cl2FNO3S. The largest absolute Gasteiger partial charge is 0.486 e. The zero-order valence-corrected chi connectivity index (χ0v) is 17.2. The number of nitrogens with zero attached hydrogens (tertiary/aromatic N) is 1. The average Bonchev–Trinajstić information content (AvgIpc) is 2.89. The number of carbonyl (C=O) groups excluding carboxylic acids is 2. The van der Waals surface area contributed by atoms with Crippen molar-refractivity contribution >= 4 is 52.2 Å². The molecule has 1 aliphatic heterocycles. The summed E-state index contributed by atoms with van der Waals surface area (Å²) in [5.74, 6) is -0.412. The first-order valence-electron chi connectivity index (χ1n) is 8.50. The highest BCUT2D eigenvalue weighted by Gasteiger charge is 2.34. The van der Waals surface area contributed by atoms with E-state index >= 15 is 0 Å². The van der Waals surface area contributed by atoms with Gasteiger partial charge >= 0.3 is 0 Å². The Bertz CT molecular complexity index is 941. The predicted octanol–water partition coefficient (Wildman–Crippen LogP) is 6.16. The van der Waals surface area contributed by atoms with Gasteiger partial charge in [0.2, 0.25) is 0 Å². The number of benzene rings is 2. The molecule has 1 heterocycles. The monoisotopic (exact) mass is 439 g/mol. The van der Waals surface area contributed by atoms with Crippen LogP contribution in [0.1, 0.15) is 24.5 Å². The number of halogens is 3. The molecule has 0 aromatic heterocycles. The summed E-state index contributed by atoms with van der Waals surface area (Å²) in [4.78, 5) is 25.8. The van der Waals surface area contributed by atoms with Gasteiger partial charge in [-0.3, -0.25) is 14.5 Å². The molecular weight excluding hydrogens is 424 g/mol. The fourth-order valence-corrected chi connectivity index (χ4v) is 4.13. The fraction of sp³-hybridized carbons (Fsp3) is 0.200. The standard InChI is InChI=1S/C20H16Cl2FNO3S/c1-2-6-24-19(25)17(28-20(24)26)10-13-8-15(21)18(16(22)9-13)27-11-12-4-3-5-14(23)7-12/h3-5,7-10H,2,6,11H2,1H3/b17-10+. The maximum Gasteiger partial charge on any atom is 0.293 e. The third-order valence-electron chi connectivity index (χ3n) is 3.91. The van der Waals surface area contributed by atoms with E-state index in [4.69, 9.17) is 27.9 Å². The molecule has 2 aromatic rings. The summed E-state index contributed by atoms with van der Waals surface area (Å²) < 4.78 is 18.9. The molecule has 146 valence electrons. The van der Waals surface area contributed by atoms with Gasteiger partial charge in [-0.05, 0) is 59.7 Å². The summed E-state index contributed by atoms with van der Waals surface area (Å²) in [5.41, 5.74) is 1.22. The number of amides is 2. The Morgan fingerprint density at radius 2 is 1.89 bits per heavy atom. The van der Waals surface area contributed by atoms with E-state index in [1.54, 1.807) is 30.3 Å². The Kier molecular flexibility index (Phi) is 6.65. The Labute approximate surface area is 176 Å². The second-order valence-electron chi connectivity index (χ2n) is 6.07. The molecule has 0 bridgehead atoms. The first-order chi connectivity index (χ1) is 13.4. The Morgan fingerprint density at radius 3 is 2.54 bits per heavy atom. The number of thioether (sulfide) groups is 1. The van der Waals surface area contributed by atoms with E-state index in [0.717, 1.165) is 11.8 Å². The molecule has 1 aliphatic rings. The van der Waals surface area contributed by atoms with Crippen molar-refractivity contribution in [3.8, 4) is 5.75 Å². The molecule has 0 aliphatic carbocycles. The third-order valence-corrected chi connectivity index (χ3v) is 5.38. The van der Waals surface area contributed by atoms with Crippen LogP contribution < -0.4 is 4.74 Å². The number of carbonyl (C=O) groups is 2. The third kappa shape index (κ3) is 4.69. The first-order valence-corrected chi connectivity index (χ1v) is 10.1. The molecule has 8 heteroatoms. The molecule has 28 heavy (non-hydrogen) atoms. The van der Waals surface area contributed by atoms with Crippen LogP contribution in [0.15, 0.2) is 41.3 Å². The number of hydrogen-bond donors (Lipinski definition) is 0. The van der Waals surface area contributed by atoms with Crippen molar-refractivity contribution in [1.82, 2.24) is 4.90 Å². The molecule has 0 saturated carbocycles. The van der Waals surface area contributed by atoms with Gasteiger partial charge in [0.05, 0.1) is 15.0 Å². The molecule has 0 atom stereocenters. The van der Waals surface area contributed by atoms with Crippen molar-refractivity contribution in [2.75, 3.05) is 6.54 Å². The second-order valence-corrected chi connectivity index (χ2v) is 7.87. The van der Waals surface area contributed by atoms with Crippen LogP contribution in [0, 0.1) is 5.82 Å². The first kappa shape index (κ1) is 20.7. The van der Waals surface area contributed by atoms with E-state index in [1.807, 2.05) is 6.92 Å². The van der Waals surface area contributed by atoms with Crippen LogP contribution in [0.2, 0.25) is 10.0 Å². The van der Waals surface area contributed by atoms with Crippen LogP contribution in [0.3, 0.4) is 0 Å². The van der Waals surface area contributed by atoms with Crippen LogP contribution in [0.5, 0.6) is 5.75 Å². The molecule has 0 spiro atoms. The Balaban J connectivity index is 1.78. The summed E-state index contributed by atoms with van der Waals surface area (Å²) in [5, 5.41) is 0.219. The average molecular weight is 440 g/mol. The SMILES string of the molecule is CCCN1C(=O)S/C(=C/c2cc(Cl)c(OCc3cccc(F)c3)c(Cl)c2)C1=O. The quantitative estimate of drug-likeness (QED) is 0.505. The molecule has 0 N–H and O–H groups in total. The van der Waals surface area contributed by atoms with Crippen LogP contribution in [0.25, 0.3) is 6.08 Å². The van der Waals surface area contributed by atoms with E-state index in [1.165, 1.54) is 17.0 Å². The lowest BCUT2D eigenvalue weighted by Gasteiger charge is -2.11. The normalized spacial score (nSPS) is 15.6. The lowest BCUT2D eigenvalue weighted by atomic mass is 10.2. The van der Waals surface area contributed by atoms with Crippen LogP contribution in [0.4, 0.5) is 9.18 Å². The molecule has 2 aromatic carbocycles. The highest BCUT2D eigenvalue weighted by molar-refractivity contribution is 8.18. The maximum absolute atomic E-state index is 13.3. The number of hydrogen-bond acceptors (Lipinski definition) is 4. The van der Waals surface area contributed by atoms with Crippen LogP contribution in [-0.4, -0.2) is 22.6 Å². The molecule has 4 nitrogen and oxygen atoms in total. The smallest absolute Gasteiger partial charge is 0.293 e. The van der Waals surface area contributed by atoms with Gasteiger partial charge in [-0.1, -0.05) is 42.3 Å². The molecule has 1 saturated heterocycles. The van der Waals surface area contributed by atoms with Gasteiger partial charge in [0, 0.05) is 6.54 Å². The predicted molar refractivity (Wildman–Crippen MR) is 110 cm³/mol. The number of ether oxygens (including phenoxy) is 1. The second kappa shape index (κ2) is 8.99. The van der Waals surface area contributed by atoms with Crippen molar-refractivity contribution in [1.29, 1.82) is 0 Å². The zero-order chi connectivity index (χ0) is 20.3. The Hall–Kier alpha value is -2.02. The van der Waals surface area contributed by atoms with Crippen molar-refractivity contribution < 1.29 is 18.7 Å². The van der Waals surface area contributed by atoms with Gasteiger partial charge in [0.25, 0.3) is 11.1 Å². The minimum absolute atomic E-state index is 0.104. The van der Waals surface area contributed by atoms with E-state index < -0.39 is 0 Å². The molecule has 2 amide bonds. The lowest BCUT2D eigenvalue weighted by Crippen LogP contribution is -2.28. The molecule has 0 unspecified atom stereocenters. The minimum atomic E-state index is -0.356. The summed E-state index contributed by atoms with van der Waals surface area (Å²) in [6.07, 6.45) is 2.27. The van der Waals surface area contributed by atoms with Crippen molar-refractivity contribution in [3.05, 3.63) is 68.3 Å². The van der Waals surface area contributed by atoms with Gasteiger partial charge in [-0.2, -0.15) is 0 Å². The van der Waals surface area contributed by atoms with Crippen molar-refractivity contribution in [2.24, 2.45) is 0 Å². The molecule has 0 radical (unpaired) electrons. The minimum Gasteiger partial charge on any atom is -0.486 e. The van der Waals surface area contributed by atoms with Gasteiger partial charge in [-0.25, -0.2) is 4.39 Å².